The van der Waals surface area contributed by atoms with Gasteiger partial charge in [0.25, 0.3) is 0 Å². The van der Waals surface area contributed by atoms with Gasteiger partial charge in [-0.3, -0.25) is 0 Å². The Morgan fingerprint density at radius 3 is 3.14 bits per heavy atom. The zero-order valence-electron chi connectivity index (χ0n) is 8.62. The number of para-hydroxylation sites is 1. The van der Waals surface area contributed by atoms with Crippen molar-refractivity contribution in [1.29, 1.82) is 0 Å². The minimum absolute atomic E-state index is 0.507. The largest absolute Gasteiger partial charge is 0.493 e. The molecular weight excluding hydrogens is 174 g/mol. The van der Waals surface area contributed by atoms with Crippen molar-refractivity contribution in [1.82, 2.24) is 0 Å². The van der Waals surface area contributed by atoms with Crippen molar-refractivity contribution >= 4 is 0 Å². The fourth-order valence-corrected chi connectivity index (χ4v) is 2.03. The highest BCUT2D eigenvalue weighted by Crippen LogP contribution is 2.35. The molecule has 14 heavy (non-hydrogen) atoms. The minimum Gasteiger partial charge on any atom is -0.493 e. The first-order chi connectivity index (χ1) is 6.83. The van der Waals surface area contributed by atoms with Gasteiger partial charge in [-0.2, -0.15) is 0 Å². The van der Waals surface area contributed by atoms with E-state index in [0.717, 1.165) is 31.7 Å². The molecule has 2 N–H and O–H groups in total. The first-order valence-corrected chi connectivity index (χ1v) is 5.27. The molecule has 0 amide bonds. The molecule has 1 aromatic carbocycles. The summed E-state index contributed by atoms with van der Waals surface area (Å²) in [6.07, 6.45) is 2.08. The lowest BCUT2D eigenvalue weighted by molar-refractivity contribution is 0.351. The summed E-state index contributed by atoms with van der Waals surface area (Å²) < 4.78 is 5.66. The van der Waals surface area contributed by atoms with Gasteiger partial charge in [-0.05, 0) is 30.0 Å². The van der Waals surface area contributed by atoms with Crippen LogP contribution in [-0.4, -0.2) is 13.2 Å². The van der Waals surface area contributed by atoms with Crippen LogP contribution >= 0.6 is 0 Å². The fourth-order valence-electron chi connectivity index (χ4n) is 2.03. The summed E-state index contributed by atoms with van der Waals surface area (Å²) in [5, 5.41) is 0. The van der Waals surface area contributed by atoms with Crippen molar-refractivity contribution in [2.75, 3.05) is 13.2 Å². The molecule has 0 bridgehead atoms. The highest BCUT2D eigenvalue weighted by atomic mass is 16.5. The Morgan fingerprint density at radius 2 is 2.36 bits per heavy atom. The molecule has 2 heteroatoms. The monoisotopic (exact) mass is 191 g/mol. The third kappa shape index (κ3) is 1.62. The number of nitrogens with two attached hydrogens (primary N) is 1. The molecular formula is C12H17NO. The van der Waals surface area contributed by atoms with Gasteiger partial charge in [0.2, 0.25) is 0 Å². The van der Waals surface area contributed by atoms with E-state index in [4.69, 9.17) is 10.5 Å². The summed E-state index contributed by atoms with van der Waals surface area (Å²) in [4.78, 5) is 0. The molecule has 1 heterocycles. The van der Waals surface area contributed by atoms with E-state index < -0.39 is 0 Å². The molecule has 0 radical (unpaired) electrons. The zero-order valence-corrected chi connectivity index (χ0v) is 8.62. The first-order valence-electron chi connectivity index (χ1n) is 5.27. The first kappa shape index (κ1) is 9.53. The van der Waals surface area contributed by atoms with Crippen LogP contribution in [0.25, 0.3) is 0 Å². The van der Waals surface area contributed by atoms with Gasteiger partial charge >= 0.3 is 0 Å². The minimum atomic E-state index is 0.507. The van der Waals surface area contributed by atoms with Crippen molar-refractivity contribution in [2.24, 2.45) is 5.73 Å². The molecule has 0 aromatic heterocycles. The molecule has 1 unspecified atom stereocenters. The molecule has 2 nitrogen and oxygen atoms in total. The van der Waals surface area contributed by atoms with E-state index in [1.165, 1.54) is 11.1 Å². The van der Waals surface area contributed by atoms with E-state index in [1.54, 1.807) is 0 Å². The van der Waals surface area contributed by atoms with Gasteiger partial charge in [-0.1, -0.05) is 25.1 Å². The lowest BCUT2D eigenvalue weighted by atomic mass is 9.95. The summed E-state index contributed by atoms with van der Waals surface area (Å²) >= 11 is 0. The second-order valence-corrected chi connectivity index (χ2v) is 3.91. The summed E-state index contributed by atoms with van der Waals surface area (Å²) in [7, 11) is 0. The number of hydrogen-bond donors (Lipinski definition) is 1. The topological polar surface area (TPSA) is 35.2 Å². The maximum Gasteiger partial charge on any atom is 0.126 e. The number of ether oxygens (including phenoxy) is 1. The third-order valence-electron chi connectivity index (χ3n) is 2.88. The van der Waals surface area contributed by atoms with E-state index in [9.17, 15) is 0 Å². The molecule has 0 saturated heterocycles. The van der Waals surface area contributed by atoms with E-state index in [2.05, 4.69) is 25.1 Å². The van der Waals surface area contributed by atoms with E-state index >= 15 is 0 Å². The normalized spacial score (nSPS) is 16.1. The summed E-state index contributed by atoms with van der Waals surface area (Å²) in [5.41, 5.74) is 8.25. The number of fused-ring (bicyclic) bond motifs is 1. The van der Waals surface area contributed by atoms with Crippen molar-refractivity contribution in [2.45, 2.75) is 25.7 Å². The van der Waals surface area contributed by atoms with Crippen molar-refractivity contribution in [3.63, 3.8) is 0 Å². The van der Waals surface area contributed by atoms with Gasteiger partial charge in [0, 0.05) is 6.42 Å². The Labute approximate surface area is 85.1 Å². The second kappa shape index (κ2) is 4.01. The highest BCUT2D eigenvalue weighted by molar-refractivity contribution is 5.45. The van der Waals surface area contributed by atoms with Gasteiger partial charge < -0.3 is 10.5 Å². The number of benzene rings is 1. The Morgan fingerprint density at radius 1 is 1.50 bits per heavy atom. The average molecular weight is 191 g/mol. The predicted molar refractivity (Wildman–Crippen MR) is 57.7 cm³/mol. The molecule has 1 aliphatic rings. The van der Waals surface area contributed by atoms with Crippen LogP contribution in [0.4, 0.5) is 0 Å². The maximum atomic E-state index is 5.66. The molecule has 76 valence electrons. The second-order valence-electron chi connectivity index (χ2n) is 3.91. The SMILES string of the molecule is CC(CCN)c1cccc2c1OCC2. The fraction of sp³-hybridized carbons (Fsp3) is 0.500. The molecule has 0 saturated carbocycles. The van der Waals surface area contributed by atoms with Gasteiger partial charge in [0.05, 0.1) is 6.61 Å². The van der Waals surface area contributed by atoms with Crippen LogP contribution in [0.2, 0.25) is 0 Å². The molecule has 0 spiro atoms. The molecule has 1 aromatic rings. The van der Waals surface area contributed by atoms with Crippen LogP contribution in [0.1, 0.15) is 30.4 Å². The van der Waals surface area contributed by atoms with Crippen molar-refractivity contribution in [3.8, 4) is 5.75 Å². The van der Waals surface area contributed by atoms with Crippen LogP contribution in [0.5, 0.6) is 5.75 Å². The van der Waals surface area contributed by atoms with Gasteiger partial charge in [0.1, 0.15) is 5.75 Å². The van der Waals surface area contributed by atoms with Crippen LogP contribution < -0.4 is 10.5 Å². The van der Waals surface area contributed by atoms with Crippen LogP contribution in [0.15, 0.2) is 18.2 Å². The molecule has 0 aliphatic carbocycles. The quantitative estimate of drug-likeness (QED) is 0.793. The Balaban J connectivity index is 2.29. The maximum absolute atomic E-state index is 5.66. The number of hydrogen-bond acceptors (Lipinski definition) is 2. The Hall–Kier alpha value is -1.02. The summed E-state index contributed by atoms with van der Waals surface area (Å²) in [6.45, 7) is 3.79. The average Bonchev–Trinajstić information content (AvgIpc) is 2.65. The lowest BCUT2D eigenvalue weighted by Gasteiger charge is -2.14. The number of rotatable bonds is 3. The highest BCUT2D eigenvalue weighted by Gasteiger charge is 2.18. The smallest absolute Gasteiger partial charge is 0.126 e. The predicted octanol–water partition coefficient (Wildman–Crippen LogP) is 2.07. The molecule has 0 fully saturated rings. The van der Waals surface area contributed by atoms with E-state index in [0.29, 0.717) is 5.92 Å². The molecule has 1 atom stereocenters. The lowest BCUT2D eigenvalue weighted by Crippen LogP contribution is -2.05. The molecule has 2 rings (SSSR count). The molecule has 1 aliphatic heterocycles. The van der Waals surface area contributed by atoms with Gasteiger partial charge in [-0.25, -0.2) is 0 Å². The van der Waals surface area contributed by atoms with Crippen LogP contribution in [0, 0.1) is 0 Å². The van der Waals surface area contributed by atoms with Crippen LogP contribution in [0.3, 0.4) is 0 Å². The summed E-state index contributed by atoms with van der Waals surface area (Å²) in [6, 6.07) is 6.43. The van der Waals surface area contributed by atoms with Crippen molar-refractivity contribution in [3.05, 3.63) is 29.3 Å². The standard InChI is InChI=1S/C12H17NO/c1-9(5-7-13)11-4-2-3-10-6-8-14-12(10)11/h2-4,9H,5-8,13H2,1H3. The third-order valence-corrected chi connectivity index (χ3v) is 2.88. The Kier molecular flexibility index (Phi) is 2.73. The van der Waals surface area contributed by atoms with Crippen molar-refractivity contribution < 1.29 is 4.74 Å². The van der Waals surface area contributed by atoms with Gasteiger partial charge in [0.15, 0.2) is 0 Å². The zero-order chi connectivity index (χ0) is 9.97. The summed E-state index contributed by atoms with van der Waals surface area (Å²) in [5.74, 6) is 1.63. The van der Waals surface area contributed by atoms with E-state index in [1.807, 2.05) is 0 Å². The Bertz CT molecular complexity index is 322. The van der Waals surface area contributed by atoms with Gasteiger partial charge in [-0.15, -0.1) is 0 Å². The van der Waals surface area contributed by atoms with E-state index in [-0.39, 0.29) is 0 Å². The van der Waals surface area contributed by atoms with Crippen LogP contribution in [-0.2, 0) is 6.42 Å².